The van der Waals surface area contributed by atoms with Gasteiger partial charge in [-0.3, -0.25) is 9.88 Å². The van der Waals surface area contributed by atoms with Gasteiger partial charge in [-0.15, -0.1) is 0 Å². The molecule has 5 nitrogen and oxygen atoms in total. The molecule has 0 saturated carbocycles. The third kappa shape index (κ3) is 2.73. The summed E-state index contributed by atoms with van der Waals surface area (Å²) in [4.78, 5) is 11.4. The molecule has 20 heavy (non-hydrogen) atoms. The lowest BCUT2D eigenvalue weighted by atomic mass is 10.1. The Morgan fingerprint density at radius 3 is 2.95 bits per heavy atom. The second-order valence-electron chi connectivity index (χ2n) is 5.39. The van der Waals surface area contributed by atoms with Crippen molar-refractivity contribution in [3.63, 3.8) is 0 Å². The smallest absolute Gasteiger partial charge is 0.127 e. The molecule has 1 aliphatic heterocycles. The van der Waals surface area contributed by atoms with Gasteiger partial charge < -0.3 is 9.88 Å². The van der Waals surface area contributed by atoms with Crippen LogP contribution in [0.2, 0.25) is 0 Å². The van der Waals surface area contributed by atoms with Crippen molar-refractivity contribution in [2.45, 2.75) is 19.5 Å². The van der Waals surface area contributed by atoms with Gasteiger partial charge in [0.2, 0.25) is 0 Å². The molecule has 1 N–H and O–H groups in total. The maximum Gasteiger partial charge on any atom is 0.127 e. The molecule has 1 aliphatic rings. The molecule has 106 valence electrons. The average molecular weight is 271 g/mol. The van der Waals surface area contributed by atoms with Crippen LogP contribution in [0.5, 0.6) is 0 Å². The van der Waals surface area contributed by atoms with E-state index in [1.807, 2.05) is 25.5 Å². The molecule has 1 fully saturated rings. The van der Waals surface area contributed by atoms with E-state index in [0.29, 0.717) is 6.04 Å². The zero-order valence-electron chi connectivity index (χ0n) is 12.1. The summed E-state index contributed by atoms with van der Waals surface area (Å²) >= 11 is 0. The maximum absolute atomic E-state index is 4.51. The summed E-state index contributed by atoms with van der Waals surface area (Å²) in [7, 11) is 2.06. The molecule has 0 aromatic carbocycles. The Hall–Kier alpha value is -1.72. The van der Waals surface area contributed by atoms with Gasteiger partial charge in [-0.1, -0.05) is 6.07 Å². The van der Waals surface area contributed by atoms with Crippen molar-refractivity contribution in [3.8, 4) is 0 Å². The van der Waals surface area contributed by atoms with Crippen LogP contribution in [-0.2, 0) is 13.6 Å². The van der Waals surface area contributed by atoms with E-state index < -0.39 is 0 Å². The van der Waals surface area contributed by atoms with E-state index in [9.17, 15) is 0 Å². The molecule has 0 radical (unpaired) electrons. The van der Waals surface area contributed by atoms with Crippen LogP contribution < -0.4 is 5.32 Å². The van der Waals surface area contributed by atoms with Crippen molar-refractivity contribution in [3.05, 3.63) is 47.8 Å². The predicted octanol–water partition coefficient (Wildman–Crippen LogP) is 1.27. The Kier molecular flexibility index (Phi) is 3.80. The van der Waals surface area contributed by atoms with E-state index in [0.717, 1.165) is 37.7 Å². The Labute approximate surface area is 119 Å². The van der Waals surface area contributed by atoms with Crippen LogP contribution >= 0.6 is 0 Å². The van der Waals surface area contributed by atoms with Crippen LogP contribution in [-0.4, -0.2) is 39.1 Å². The number of nitrogens with one attached hydrogen (secondary N) is 1. The lowest BCUT2D eigenvalue weighted by molar-refractivity contribution is 0.144. The van der Waals surface area contributed by atoms with Crippen LogP contribution in [0, 0.1) is 6.92 Å². The third-order valence-electron chi connectivity index (χ3n) is 3.87. The fraction of sp³-hybridized carbons (Fsp3) is 0.467. The van der Waals surface area contributed by atoms with Crippen molar-refractivity contribution in [1.29, 1.82) is 0 Å². The number of nitrogens with zero attached hydrogens (tertiary/aromatic N) is 4. The van der Waals surface area contributed by atoms with Crippen LogP contribution in [0.3, 0.4) is 0 Å². The Morgan fingerprint density at radius 2 is 2.25 bits per heavy atom. The minimum atomic E-state index is 0.324. The Morgan fingerprint density at radius 1 is 1.35 bits per heavy atom. The summed E-state index contributed by atoms with van der Waals surface area (Å²) < 4.78 is 2.11. The number of aromatic nitrogens is 3. The molecule has 0 spiro atoms. The van der Waals surface area contributed by atoms with Gasteiger partial charge in [-0.25, -0.2) is 4.98 Å². The maximum atomic E-state index is 4.51. The van der Waals surface area contributed by atoms with Crippen molar-refractivity contribution in [2.75, 3.05) is 19.6 Å². The highest BCUT2D eigenvalue weighted by molar-refractivity contribution is 5.14. The van der Waals surface area contributed by atoms with Crippen LogP contribution in [0.15, 0.2) is 30.7 Å². The molecule has 0 bridgehead atoms. The number of pyridine rings is 1. The highest BCUT2D eigenvalue weighted by Crippen LogP contribution is 2.22. The zero-order valence-corrected chi connectivity index (χ0v) is 12.1. The first kappa shape index (κ1) is 13.3. The molecule has 0 aliphatic carbocycles. The van der Waals surface area contributed by atoms with Gasteiger partial charge in [-0.05, 0) is 18.6 Å². The summed E-state index contributed by atoms with van der Waals surface area (Å²) in [6.07, 6.45) is 5.86. The molecular weight excluding hydrogens is 250 g/mol. The van der Waals surface area contributed by atoms with Crippen LogP contribution in [0.4, 0.5) is 0 Å². The van der Waals surface area contributed by atoms with Gasteiger partial charge in [0.1, 0.15) is 5.82 Å². The van der Waals surface area contributed by atoms with Gasteiger partial charge in [-0.2, -0.15) is 0 Å². The highest BCUT2D eigenvalue weighted by Gasteiger charge is 2.26. The molecule has 5 heteroatoms. The summed E-state index contributed by atoms with van der Waals surface area (Å²) in [5.74, 6) is 1.12. The number of imidazole rings is 1. The lowest BCUT2D eigenvalue weighted by Gasteiger charge is -2.35. The van der Waals surface area contributed by atoms with Crippen molar-refractivity contribution >= 4 is 0 Å². The van der Waals surface area contributed by atoms with Crippen LogP contribution in [0.25, 0.3) is 0 Å². The van der Waals surface area contributed by atoms with E-state index in [4.69, 9.17) is 0 Å². The SMILES string of the molecule is Cc1ccc(CN2CCNCC2c2nccn2C)cn1. The quantitative estimate of drug-likeness (QED) is 0.913. The second kappa shape index (κ2) is 5.73. The summed E-state index contributed by atoms with van der Waals surface area (Å²) in [6.45, 7) is 5.95. The topological polar surface area (TPSA) is 46.0 Å². The average Bonchev–Trinajstić information content (AvgIpc) is 2.88. The van der Waals surface area contributed by atoms with E-state index in [1.165, 1.54) is 5.56 Å². The van der Waals surface area contributed by atoms with Crippen molar-refractivity contribution in [2.24, 2.45) is 7.05 Å². The molecule has 2 aromatic heterocycles. The van der Waals surface area contributed by atoms with E-state index >= 15 is 0 Å². The molecular formula is C15H21N5. The fourth-order valence-electron chi connectivity index (χ4n) is 2.71. The molecule has 1 saturated heterocycles. The number of hydrogen-bond acceptors (Lipinski definition) is 4. The van der Waals surface area contributed by atoms with Gasteiger partial charge in [0.05, 0.1) is 6.04 Å². The number of piperazine rings is 1. The third-order valence-corrected chi connectivity index (χ3v) is 3.87. The molecule has 1 unspecified atom stereocenters. The van der Waals surface area contributed by atoms with Gasteiger partial charge >= 0.3 is 0 Å². The minimum Gasteiger partial charge on any atom is -0.337 e. The first-order valence-corrected chi connectivity index (χ1v) is 7.07. The number of aryl methyl sites for hydroxylation is 2. The summed E-state index contributed by atoms with van der Waals surface area (Å²) in [5.41, 5.74) is 2.33. The lowest BCUT2D eigenvalue weighted by Crippen LogP contribution is -2.46. The zero-order chi connectivity index (χ0) is 13.9. The molecule has 2 aromatic rings. The van der Waals surface area contributed by atoms with E-state index in [-0.39, 0.29) is 0 Å². The normalized spacial score (nSPS) is 20.2. The summed E-state index contributed by atoms with van der Waals surface area (Å²) in [6, 6.07) is 4.57. The highest BCUT2D eigenvalue weighted by atomic mass is 15.3. The second-order valence-corrected chi connectivity index (χ2v) is 5.39. The summed E-state index contributed by atoms with van der Waals surface area (Å²) in [5, 5.41) is 3.46. The first-order chi connectivity index (χ1) is 9.74. The molecule has 3 rings (SSSR count). The van der Waals surface area contributed by atoms with Crippen molar-refractivity contribution < 1.29 is 0 Å². The van der Waals surface area contributed by atoms with E-state index in [2.05, 4.69) is 43.9 Å². The number of rotatable bonds is 3. The minimum absolute atomic E-state index is 0.324. The Balaban J connectivity index is 1.79. The predicted molar refractivity (Wildman–Crippen MR) is 78.2 cm³/mol. The standard InChI is InChI=1S/C15H21N5/c1-12-3-4-13(9-18-12)11-20-8-5-16-10-14(20)15-17-6-7-19(15)2/h3-4,6-7,9,14,16H,5,8,10-11H2,1-2H3. The largest absolute Gasteiger partial charge is 0.337 e. The number of hydrogen-bond donors (Lipinski definition) is 1. The molecule has 3 heterocycles. The van der Waals surface area contributed by atoms with E-state index in [1.54, 1.807) is 0 Å². The fourth-order valence-corrected chi connectivity index (χ4v) is 2.71. The van der Waals surface area contributed by atoms with Gasteiger partial charge in [0.15, 0.2) is 0 Å². The first-order valence-electron chi connectivity index (χ1n) is 7.07. The van der Waals surface area contributed by atoms with Crippen molar-refractivity contribution in [1.82, 2.24) is 24.8 Å². The van der Waals surface area contributed by atoms with Crippen LogP contribution in [0.1, 0.15) is 23.1 Å². The van der Waals surface area contributed by atoms with Gasteiger partial charge in [0.25, 0.3) is 0 Å². The Bertz CT molecular complexity index is 560. The van der Waals surface area contributed by atoms with Gasteiger partial charge in [0, 0.05) is 57.5 Å². The monoisotopic (exact) mass is 271 g/mol. The molecule has 0 amide bonds. The molecule has 1 atom stereocenters.